The number of carboxylic acids is 1. The summed E-state index contributed by atoms with van der Waals surface area (Å²) in [5.41, 5.74) is 2.16. The zero-order valence-corrected chi connectivity index (χ0v) is 11.7. The SMILES string of the molecule is O=C(O)c1ccc2c(c1)CN(C(=O)N1CCC(O)CC1)C2. The molecule has 1 aromatic rings. The number of aliphatic hydroxyl groups is 1. The van der Waals surface area contributed by atoms with Gasteiger partial charge in [-0.15, -0.1) is 0 Å². The number of nitrogens with zero attached hydrogens (tertiary/aromatic N) is 2. The van der Waals surface area contributed by atoms with Crippen molar-refractivity contribution in [3.63, 3.8) is 0 Å². The van der Waals surface area contributed by atoms with Crippen LogP contribution in [0.2, 0.25) is 0 Å². The molecule has 0 aliphatic carbocycles. The highest BCUT2D eigenvalue weighted by Gasteiger charge is 2.29. The van der Waals surface area contributed by atoms with E-state index in [9.17, 15) is 14.7 Å². The van der Waals surface area contributed by atoms with E-state index in [-0.39, 0.29) is 17.7 Å². The molecule has 6 nitrogen and oxygen atoms in total. The number of benzene rings is 1. The van der Waals surface area contributed by atoms with E-state index in [4.69, 9.17) is 5.11 Å². The van der Waals surface area contributed by atoms with Crippen LogP contribution in [0.15, 0.2) is 18.2 Å². The second kappa shape index (κ2) is 5.37. The van der Waals surface area contributed by atoms with Crippen LogP contribution in [0.4, 0.5) is 4.79 Å². The van der Waals surface area contributed by atoms with Gasteiger partial charge in [0.05, 0.1) is 11.7 Å². The lowest BCUT2D eigenvalue weighted by Crippen LogP contribution is -2.45. The fourth-order valence-corrected chi connectivity index (χ4v) is 2.92. The van der Waals surface area contributed by atoms with Crippen molar-refractivity contribution in [1.29, 1.82) is 0 Å². The van der Waals surface area contributed by atoms with Crippen molar-refractivity contribution in [2.45, 2.75) is 32.0 Å². The van der Waals surface area contributed by atoms with E-state index in [2.05, 4.69) is 0 Å². The maximum absolute atomic E-state index is 12.4. The number of aliphatic hydroxyl groups excluding tert-OH is 1. The summed E-state index contributed by atoms with van der Waals surface area (Å²) in [5.74, 6) is -0.951. The Bertz CT molecular complexity index is 579. The average molecular weight is 290 g/mol. The van der Waals surface area contributed by atoms with Crippen molar-refractivity contribution in [2.75, 3.05) is 13.1 Å². The maximum atomic E-state index is 12.4. The van der Waals surface area contributed by atoms with E-state index in [0.717, 1.165) is 11.1 Å². The van der Waals surface area contributed by atoms with Crippen LogP contribution in [0.3, 0.4) is 0 Å². The van der Waals surface area contributed by atoms with Crippen molar-refractivity contribution >= 4 is 12.0 Å². The highest BCUT2D eigenvalue weighted by molar-refractivity contribution is 5.88. The van der Waals surface area contributed by atoms with Gasteiger partial charge in [-0.3, -0.25) is 0 Å². The van der Waals surface area contributed by atoms with Gasteiger partial charge in [0.15, 0.2) is 0 Å². The summed E-state index contributed by atoms with van der Waals surface area (Å²) in [7, 11) is 0. The molecule has 1 aromatic carbocycles. The molecule has 3 rings (SSSR count). The molecule has 21 heavy (non-hydrogen) atoms. The molecule has 2 amide bonds. The third-order valence-corrected chi connectivity index (χ3v) is 4.18. The smallest absolute Gasteiger partial charge is 0.335 e. The van der Waals surface area contributed by atoms with E-state index < -0.39 is 5.97 Å². The lowest BCUT2D eigenvalue weighted by atomic mass is 10.1. The van der Waals surface area contributed by atoms with Crippen molar-refractivity contribution < 1.29 is 19.8 Å². The molecule has 0 saturated carbocycles. The molecule has 6 heteroatoms. The molecular formula is C15H18N2O4. The molecule has 0 unspecified atom stereocenters. The average Bonchev–Trinajstić information content (AvgIpc) is 2.90. The van der Waals surface area contributed by atoms with Crippen molar-refractivity contribution in [3.05, 3.63) is 34.9 Å². The minimum atomic E-state index is -0.951. The Morgan fingerprint density at radius 2 is 1.71 bits per heavy atom. The number of amides is 2. The first-order valence-electron chi connectivity index (χ1n) is 7.11. The standard InChI is InChI=1S/C15H18N2O4/c18-13-3-5-16(6-4-13)15(21)17-8-11-2-1-10(14(19)20)7-12(11)9-17/h1-2,7,13,18H,3-6,8-9H2,(H,19,20). The number of urea groups is 1. The van der Waals surface area contributed by atoms with Gasteiger partial charge in [0.1, 0.15) is 0 Å². The predicted octanol–water partition coefficient (Wildman–Crippen LogP) is 1.28. The van der Waals surface area contributed by atoms with Crippen LogP contribution < -0.4 is 0 Å². The zero-order chi connectivity index (χ0) is 15.0. The lowest BCUT2D eigenvalue weighted by molar-refractivity contribution is 0.0696. The van der Waals surface area contributed by atoms with Crippen LogP contribution in [0, 0.1) is 0 Å². The Kier molecular flexibility index (Phi) is 3.55. The van der Waals surface area contributed by atoms with Crippen LogP contribution in [0.1, 0.15) is 34.3 Å². The largest absolute Gasteiger partial charge is 0.478 e. The Balaban J connectivity index is 1.69. The molecule has 2 aliphatic rings. The number of fused-ring (bicyclic) bond motifs is 1. The highest BCUT2D eigenvalue weighted by Crippen LogP contribution is 2.25. The van der Waals surface area contributed by atoms with Gasteiger partial charge in [0.25, 0.3) is 0 Å². The summed E-state index contributed by atoms with van der Waals surface area (Å²) in [4.78, 5) is 26.9. The van der Waals surface area contributed by atoms with Gasteiger partial charge in [-0.1, -0.05) is 6.07 Å². The molecule has 2 N–H and O–H groups in total. The summed E-state index contributed by atoms with van der Waals surface area (Å²) >= 11 is 0. The van der Waals surface area contributed by atoms with E-state index >= 15 is 0 Å². The van der Waals surface area contributed by atoms with Gasteiger partial charge >= 0.3 is 12.0 Å². The fourth-order valence-electron chi connectivity index (χ4n) is 2.92. The first-order chi connectivity index (χ1) is 10.0. The number of hydrogen-bond donors (Lipinski definition) is 2. The van der Waals surface area contributed by atoms with Gasteiger partial charge in [-0.2, -0.15) is 0 Å². The fraction of sp³-hybridized carbons (Fsp3) is 0.467. The Morgan fingerprint density at radius 1 is 1.05 bits per heavy atom. The minimum Gasteiger partial charge on any atom is -0.478 e. The van der Waals surface area contributed by atoms with Crippen LogP contribution >= 0.6 is 0 Å². The number of hydrogen-bond acceptors (Lipinski definition) is 3. The summed E-state index contributed by atoms with van der Waals surface area (Å²) in [5, 5.41) is 18.5. The van der Waals surface area contributed by atoms with Gasteiger partial charge < -0.3 is 20.0 Å². The first-order valence-corrected chi connectivity index (χ1v) is 7.11. The zero-order valence-electron chi connectivity index (χ0n) is 11.7. The van der Waals surface area contributed by atoms with Crippen molar-refractivity contribution in [3.8, 4) is 0 Å². The molecule has 2 aliphatic heterocycles. The van der Waals surface area contributed by atoms with Crippen molar-refractivity contribution in [2.24, 2.45) is 0 Å². The third kappa shape index (κ3) is 2.71. The monoisotopic (exact) mass is 290 g/mol. The Morgan fingerprint density at radius 3 is 2.38 bits per heavy atom. The minimum absolute atomic E-state index is 0.0324. The quantitative estimate of drug-likeness (QED) is 0.816. The number of rotatable bonds is 1. The van der Waals surface area contributed by atoms with Gasteiger partial charge in [0.2, 0.25) is 0 Å². The summed E-state index contributed by atoms with van der Waals surface area (Å²) < 4.78 is 0. The highest BCUT2D eigenvalue weighted by atomic mass is 16.4. The summed E-state index contributed by atoms with van der Waals surface area (Å²) in [6.07, 6.45) is 0.939. The molecule has 1 fully saturated rings. The topological polar surface area (TPSA) is 81.1 Å². The van der Waals surface area contributed by atoms with E-state index in [1.54, 1.807) is 28.0 Å². The molecule has 2 heterocycles. The molecule has 0 radical (unpaired) electrons. The molecule has 0 bridgehead atoms. The molecule has 0 spiro atoms. The second-order valence-electron chi connectivity index (χ2n) is 5.65. The number of likely N-dealkylation sites (tertiary alicyclic amines) is 1. The molecule has 0 atom stereocenters. The predicted molar refractivity (Wildman–Crippen MR) is 74.9 cm³/mol. The van der Waals surface area contributed by atoms with E-state index in [1.165, 1.54) is 0 Å². The number of carbonyl (C=O) groups excluding carboxylic acids is 1. The molecular weight excluding hydrogens is 272 g/mol. The van der Waals surface area contributed by atoms with Crippen molar-refractivity contribution in [1.82, 2.24) is 9.80 Å². The summed E-state index contributed by atoms with van der Waals surface area (Å²) in [6, 6.07) is 4.97. The second-order valence-corrected chi connectivity index (χ2v) is 5.65. The van der Waals surface area contributed by atoms with Crippen LogP contribution in [-0.4, -0.2) is 51.2 Å². The maximum Gasteiger partial charge on any atom is 0.335 e. The lowest BCUT2D eigenvalue weighted by Gasteiger charge is -2.32. The number of carboxylic acid groups (broad SMARTS) is 1. The van der Waals surface area contributed by atoms with Gasteiger partial charge in [-0.05, 0) is 36.1 Å². The number of aromatic carboxylic acids is 1. The first kappa shape index (κ1) is 13.9. The van der Waals surface area contributed by atoms with E-state index in [1.807, 2.05) is 0 Å². The van der Waals surface area contributed by atoms with Gasteiger partial charge in [0, 0.05) is 26.2 Å². The summed E-state index contributed by atoms with van der Waals surface area (Å²) in [6.45, 7) is 2.13. The normalized spacial score (nSPS) is 18.7. The van der Waals surface area contributed by atoms with Crippen LogP contribution in [-0.2, 0) is 13.1 Å². The van der Waals surface area contributed by atoms with Crippen LogP contribution in [0.25, 0.3) is 0 Å². The third-order valence-electron chi connectivity index (χ3n) is 4.18. The Hall–Kier alpha value is -2.08. The molecule has 0 aromatic heterocycles. The number of carbonyl (C=O) groups is 2. The van der Waals surface area contributed by atoms with Crippen LogP contribution in [0.5, 0.6) is 0 Å². The molecule has 1 saturated heterocycles. The van der Waals surface area contributed by atoms with E-state index in [0.29, 0.717) is 39.0 Å². The van der Waals surface area contributed by atoms with Gasteiger partial charge in [-0.25, -0.2) is 9.59 Å². The Labute approximate surface area is 122 Å². The number of piperidine rings is 1. The molecule has 112 valence electrons.